The van der Waals surface area contributed by atoms with Crippen molar-refractivity contribution in [2.24, 2.45) is 0 Å². The Labute approximate surface area is 168 Å². The third kappa shape index (κ3) is 5.22. The summed E-state index contributed by atoms with van der Waals surface area (Å²) in [4.78, 5) is 9.14. The zero-order chi connectivity index (χ0) is 19.2. The highest BCUT2D eigenvalue weighted by molar-refractivity contribution is 7.98. The minimum atomic E-state index is 0.239. The number of benzene rings is 2. The van der Waals surface area contributed by atoms with Crippen molar-refractivity contribution in [1.29, 1.82) is 5.26 Å². The van der Waals surface area contributed by atoms with E-state index in [1.807, 2.05) is 36.4 Å². The van der Waals surface area contributed by atoms with Crippen LogP contribution in [0.25, 0.3) is 0 Å². The fourth-order valence-corrected chi connectivity index (χ4v) is 3.33. The van der Waals surface area contributed by atoms with Crippen molar-refractivity contribution in [3.63, 3.8) is 0 Å². The Balaban J connectivity index is 1.83. The molecule has 0 atom stereocenters. The first-order valence-electron chi connectivity index (χ1n) is 8.48. The Morgan fingerprint density at radius 3 is 2.67 bits per heavy atom. The van der Waals surface area contributed by atoms with Gasteiger partial charge >= 0.3 is 0 Å². The normalized spacial score (nSPS) is 10.6. The maximum atomic E-state index is 9.03. The van der Waals surface area contributed by atoms with Crippen LogP contribution in [0.2, 0.25) is 5.02 Å². The van der Waals surface area contributed by atoms with Gasteiger partial charge < -0.3 is 4.74 Å². The maximum absolute atomic E-state index is 9.03. The lowest BCUT2D eigenvalue weighted by molar-refractivity contribution is 0.453. The van der Waals surface area contributed by atoms with E-state index in [2.05, 4.69) is 29.9 Å². The molecule has 0 spiro atoms. The average Bonchev–Trinajstić information content (AvgIpc) is 2.68. The van der Waals surface area contributed by atoms with E-state index in [9.17, 15) is 0 Å². The summed E-state index contributed by atoms with van der Waals surface area (Å²) >= 11 is 7.69. The Morgan fingerprint density at radius 1 is 1.11 bits per heavy atom. The highest BCUT2D eigenvalue weighted by Gasteiger charge is 2.11. The van der Waals surface area contributed by atoms with Crippen molar-refractivity contribution in [2.45, 2.75) is 30.7 Å². The van der Waals surface area contributed by atoms with Crippen molar-refractivity contribution in [3.8, 4) is 17.7 Å². The molecule has 0 saturated carbocycles. The second-order valence-corrected chi connectivity index (χ2v) is 7.55. The fourth-order valence-electron chi connectivity index (χ4n) is 2.35. The van der Waals surface area contributed by atoms with E-state index in [4.69, 9.17) is 21.6 Å². The predicted molar refractivity (Wildman–Crippen MR) is 108 cm³/mol. The van der Waals surface area contributed by atoms with E-state index in [1.54, 1.807) is 18.2 Å². The highest BCUT2D eigenvalue weighted by atomic mass is 35.5. The molecule has 0 amide bonds. The summed E-state index contributed by atoms with van der Waals surface area (Å²) in [5.41, 5.74) is 2.60. The number of rotatable bonds is 6. The van der Waals surface area contributed by atoms with Crippen LogP contribution in [0.15, 0.2) is 59.8 Å². The number of nitriles is 1. The lowest BCUT2D eigenvalue weighted by Crippen LogP contribution is -2.00. The molecular weight excluding hydrogens is 378 g/mol. The molecule has 6 heteroatoms. The molecular formula is C21H18ClN3OS. The molecule has 27 heavy (non-hydrogen) atoms. The summed E-state index contributed by atoms with van der Waals surface area (Å²) in [6.45, 7) is 4.15. The third-order valence-electron chi connectivity index (χ3n) is 3.77. The van der Waals surface area contributed by atoms with Gasteiger partial charge in [-0.1, -0.05) is 61.5 Å². The summed E-state index contributed by atoms with van der Waals surface area (Å²) in [7, 11) is 0. The smallest absolute Gasteiger partial charge is 0.223 e. The van der Waals surface area contributed by atoms with Crippen LogP contribution in [0.1, 0.15) is 36.6 Å². The summed E-state index contributed by atoms with van der Waals surface area (Å²) in [5.74, 6) is 1.94. The molecule has 2 aromatic carbocycles. The molecule has 136 valence electrons. The zero-order valence-corrected chi connectivity index (χ0v) is 16.6. The van der Waals surface area contributed by atoms with Crippen LogP contribution in [-0.2, 0) is 5.75 Å². The van der Waals surface area contributed by atoms with Gasteiger partial charge in [-0.15, -0.1) is 0 Å². The van der Waals surface area contributed by atoms with Crippen LogP contribution >= 0.6 is 23.4 Å². The quantitative estimate of drug-likeness (QED) is 0.366. The first kappa shape index (κ1) is 19.2. The number of para-hydroxylation sites is 1. The molecule has 0 aliphatic heterocycles. The van der Waals surface area contributed by atoms with Gasteiger partial charge in [0.2, 0.25) is 5.88 Å². The standard InChI is InChI=1S/C21H18ClN3OS/c1-14(2)18-11-20(26-19-9-4-3-8-17(19)22)25-21(24-18)27-13-16-7-5-6-15(10-16)12-23/h3-11,14H,13H2,1-2H3. The van der Waals surface area contributed by atoms with Gasteiger partial charge in [0.25, 0.3) is 0 Å². The largest absolute Gasteiger partial charge is 0.437 e. The van der Waals surface area contributed by atoms with Crippen LogP contribution in [0.4, 0.5) is 0 Å². The molecule has 0 fully saturated rings. The minimum Gasteiger partial charge on any atom is -0.437 e. The van der Waals surface area contributed by atoms with Gasteiger partial charge in [-0.3, -0.25) is 0 Å². The molecule has 1 heterocycles. The second-order valence-electron chi connectivity index (χ2n) is 6.20. The predicted octanol–water partition coefficient (Wildman–Crippen LogP) is 6.21. The van der Waals surface area contributed by atoms with Gasteiger partial charge in [0.05, 0.1) is 22.3 Å². The molecule has 0 radical (unpaired) electrons. The molecule has 0 bridgehead atoms. The second kappa shape index (κ2) is 8.90. The Bertz CT molecular complexity index is 985. The molecule has 0 aliphatic carbocycles. The van der Waals surface area contributed by atoms with Crippen molar-refractivity contribution < 1.29 is 4.74 Å². The van der Waals surface area contributed by atoms with Gasteiger partial charge in [0.1, 0.15) is 5.75 Å². The SMILES string of the molecule is CC(C)c1cc(Oc2ccccc2Cl)nc(SCc2cccc(C#N)c2)n1. The topological polar surface area (TPSA) is 58.8 Å². The van der Waals surface area contributed by atoms with E-state index in [0.717, 1.165) is 11.3 Å². The van der Waals surface area contributed by atoms with Crippen molar-refractivity contribution >= 4 is 23.4 Å². The van der Waals surface area contributed by atoms with E-state index in [1.165, 1.54) is 11.8 Å². The molecule has 0 N–H and O–H groups in total. The number of ether oxygens (including phenoxy) is 1. The Kier molecular flexibility index (Phi) is 6.33. The molecule has 0 aliphatic rings. The summed E-state index contributed by atoms with van der Waals surface area (Å²) in [5, 5.41) is 10.2. The Hall–Kier alpha value is -2.55. The molecule has 0 saturated heterocycles. The van der Waals surface area contributed by atoms with Crippen molar-refractivity contribution in [3.05, 3.63) is 76.4 Å². The van der Waals surface area contributed by atoms with Crippen LogP contribution < -0.4 is 4.74 Å². The van der Waals surface area contributed by atoms with Gasteiger partial charge in [-0.25, -0.2) is 4.98 Å². The first-order chi connectivity index (χ1) is 13.0. The number of aromatic nitrogens is 2. The number of hydrogen-bond donors (Lipinski definition) is 0. The molecule has 3 aromatic rings. The number of halogens is 1. The maximum Gasteiger partial charge on any atom is 0.223 e. The van der Waals surface area contributed by atoms with Crippen molar-refractivity contribution in [2.75, 3.05) is 0 Å². The lowest BCUT2D eigenvalue weighted by atomic mass is 10.1. The van der Waals surface area contributed by atoms with Gasteiger partial charge in [-0.2, -0.15) is 10.2 Å². The summed E-state index contributed by atoms with van der Waals surface area (Å²) in [6, 6.07) is 18.8. The molecule has 1 aromatic heterocycles. The van der Waals surface area contributed by atoms with Gasteiger partial charge in [-0.05, 0) is 35.7 Å². The van der Waals surface area contributed by atoms with Gasteiger partial charge in [0.15, 0.2) is 5.16 Å². The monoisotopic (exact) mass is 395 g/mol. The number of thioether (sulfide) groups is 1. The molecule has 3 rings (SSSR count). The van der Waals surface area contributed by atoms with E-state index in [-0.39, 0.29) is 5.92 Å². The number of nitrogens with zero attached hydrogens (tertiary/aromatic N) is 3. The van der Waals surface area contributed by atoms with Crippen LogP contribution in [0, 0.1) is 11.3 Å². The zero-order valence-electron chi connectivity index (χ0n) is 15.0. The van der Waals surface area contributed by atoms with Crippen LogP contribution in [-0.4, -0.2) is 9.97 Å². The molecule has 0 unspecified atom stereocenters. The van der Waals surface area contributed by atoms with Crippen LogP contribution in [0.3, 0.4) is 0 Å². The Morgan fingerprint density at radius 2 is 1.93 bits per heavy atom. The first-order valence-corrected chi connectivity index (χ1v) is 9.84. The van der Waals surface area contributed by atoms with Crippen LogP contribution in [0.5, 0.6) is 11.6 Å². The van der Waals surface area contributed by atoms with E-state index in [0.29, 0.717) is 33.1 Å². The van der Waals surface area contributed by atoms with E-state index >= 15 is 0 Å². The summed E-state index contributed by atoms with van der Waals surface area (Å²) in [6.07, 6.45) is 0. The minimum absolute atomic E-state index is 0.239. The van der Waals surface area contributed by atoms with E-state index < -0.39 is 0 Å². The fraction of sp³-hybridized carbons (Fsp3) is 0.190. The average molecular weight is 396 g/mol. The highest BCUT2D eigenvalue weighted by Crippen LogP contribution is 2.31. The van der Waals surface area contributed by atoms with Gasteiger partial charge in [0, 0.05) is 11.8 Å². The number of hydrogen-bond acceptors (Lipinski definition) is 5. The molecule has 4 nitrogen and oxygen atoms in total. The summed E-state index contributed by atoms with van der Waals surface area (Å²) < 4.78 is 5.89. The third-order valence-corrected chi connectivity index (χ3v) is 5.00. The lowest BCUT2D eigenvalue weighted by Gasteiger charge is -2.11. The van der Waals surface area contributed by atoms with Crippen molar-refractivity contribution in [1.82, 2.24) is 9.97 Å².